The summed E-state index contributed by atoms with van der Waals surface area (Å²) in [5, 5.41) is 13.1. The third kappa shape index (κ3) is 4.56. The van der Waals surface area contributed by atoms with Crippen molar-refractivity contribution in [2.24, 2.45) is 5.92 Å². The molecule has 1 saturated heterocycles. The van der Waals surface area contributed by atoms with Gasteiger partial charge in [-0.2, -0.15) is 0 Å². The van der Waals surface area contributed by atoms with Crippen LogP contribution >= 0.6 is 11.3 Å². The number of aliphatic hydroxyl groups excluding tert-OH is 1. The molecule has 2 heterocycles. The van der Waals surface area contributed by atoms with E-state index in [0.717, 1.165) is 10.6 Å². The molecular formula is C27H28N2O4S. The highest BCUT2D eigenvalue weighted by Crippen LogP contribution is 2.43. The number of anilines is 2. The van der Waals surface area contributed by atoms with Crippen LogP contribution in [0.1, 0.15) is 30.3 Å². The summed E-state index contributed by atoms with van der Waals surface area (Å²) in [5.74, 6) is -0.482. The van der Waals surface area contributed by atoms with Crippen molar-refractivity contribution < 1.29 is 19.4 Å². The number of Topliss-reactive ketones (excluding diaryl/α,β-unsaturated/α-hetero) is 1. The maximum atomic E-state index is 13.2. The van der Waals surface area contributed by atoms with Gasteiger partial charge in [0.15, 0.2) is 0 Å². The average Bonchev–Trinajstić information content (AvgIpc) is 3.44. The van der Waals surface area contributed by atoms with Crippen LogP contribution in [0, 0.1) is 5.92 Å². The molecule has 1 amide bonds. The lowest BCUT2D eigenvalue weighted by atomic mass is 9.99. The summed E-state index contributed by atoms with van der Waals surface area (Å²) >= 11 is 1.44. The van der Waals surface area contributed by atoms with Gasteiger partial charge in [0.1, 0.15) is 17.6 Å². The molecule has 1 unspecified atom stereocenters. The summed E-state index contributed by atoms with van der Waals surface area (Å²) in [6, 6.07) is 17.4. The predicted molar refractivity (Wildman–Crippen MR) is 137 cm³/mol. The Morgan fingerprint density at radius 3 is 2.29 bits per heavy atom. The number of carbonyl (C=O) groups excluding carboxylic acids is 2. The van der Waals surface area contributed by atoms with Crippen molar-refractivity contribution >= 4 is 40.2 Å². The fourth-order valence-electron chi connectivity index (χ4n) is 3.85. The van der Waals surface area contributed by atoms with Crippen LogP contribution in [0.3, 0.4) is 0 Å². The molecule has 1 atom stereocenters. The maximum absolute atomic E-state index is 13.2. The molecule has 0 bridgehead atoms. The highest BCUT2D eigenvalue weighted by atomic mass is 32.1. The lowest BCUT2D eigenvalue weighted by Crippen LogP contribution is -2.29. The van der Waals surface area contributed by atoms with Crippen LogP contribution in [0.25, 0.3) is 5.76 Å². The summed E-state index contributed by atoms with van der Waals surface area (Å²) < 4.78 is 5.72. The molecule has 1 N–H and O–H groups in total. The van der Waals surface area contributed by atoms with E-state index in [1.807, 2.05) is 60.8 Å². The second kappa shape index (κ2) is 9.73. The van der Waals surface area contributed by atoms with Crippen molar-refractivity contribution in [3.63, 3.8) is 0 Å². The number of aliphatic hydroxyl groups is 1. The summed E-state index contributed by atoms with van der Waals surface area (Å²) in [4.78, 5) is 30.6. The maximum Gasteiger partial charge on any atom is 0.300 e. The Balaban J connectivity index is 1.76. The largest absolute Gasteiger partial charge is 0.507 e. The molecule has 7 heteroatoms. The zero-order chi connectivity index (χ0) is 24.4. The Hall–Kier alpha value is -3.58. The van der Waals surface area contributed by atoms with Crippen LogP contribution in [0.4, 0.5) is 11.4 Å². The quantitative estimate of drug-likeness (QED) is 0.278. The van der Waals surface area contributed by atoms with Gasteiger partial charge in [-0.15, -0.1) is 11.3 Å². The second-order valence-corrected chi connectivity index (χ2v) is 9.80. The van der Waals surface area contributed by atoms with E-state index in [1.54, 1.807) is 24.3 Å². The molecule has 34 heavy (non-hydrogen) atoms. The van der Waals surface area contributed by atoms with E-state index in [4.69, 9.17) is 4.74 Å². The number of ketones is 1. The van der Waals surface area contributed by atoms with Crippen molar-refractivity contribution in [1.29, 1.82) is 0 Å². The highest BCUT2D eigenvalue weighted by molar-refractivity contribution is 7.10. The fourth-order valence-corrected chi connectivity index (χ4v) is 4.68. The topological polar surface area (TPSA) is 70.1 Å². The van der Waals surface area contributed by atoms with Gasteiger partial charge in [0, 0.05) is 35.9 Å². The van der Waals surface area contributed by atoms with Gasteiger partial charge in [0.2, 0.25) is 0 Å². The first-order valence-corrected chi connectivity index (χ1v) is 12.0. The third-order valence-corrected chi connectivity index (χ3v) is 6.54. The Labute approximate surface area is 203 Å². The first kappa shape index (κ1) is 23.6. The Bertz CT molecular complexity index is 1200. The third-order valence-electron chi connectivity index (χ3n) is 5.61. The lowest BCUT2D eigenvalue weighted by Gasteiger charge is -2.25. The molecule has 0 aliphatic carbocycles. The molecule has 176 valence electrons. The van der Waals surface area contributed by atoms with Crippen LogP contribution in [-0.4, -0.2) is 37.5 Å². The van der Waals surface area contributed by atoms with Gasteiger partial charge in [-0.1, -0.05) is 19.9 Å². The zero-order valence-corrected chi connectivity index (χ0v) is 20.5. The van der Waals surface area contributed by atoms with Crippen LogP contribution in [0.5, 0.6) is 5.75 Å². The SMILES string of the molecule is CC(C)COc1ccc(/C(O)=C2/C(=O)C(=O)N(c3ccc(N(C)C)cc3)C2c2cccs2)cc1. The van der Waals surface area contributed by atoms with Gasteiger partial charge in [-0.3, -0.25) is 14.5 Å². The van der Waals surface area contributed by atoms with Gasteiger partial charge in [-0.05, 0) is 65.9 Å². The number of hydrogen-bond donors (Lipinski definition) is 1. The lowest BCUT2D eigenvalue weighted by molar-refractivity contribution is -0.132. The van der Waals surface area contributed by atoms with Gasteiger partial charge < -0.3 is 14.7 Å². The first-order chi connectivity index (χ1) is 16.3. The first-order valence-electron chi connectivity index (χ1n) is 11.1. The summed E-state index contributed by atoms with van der Waals surface area (Å²) in [7, 11) is 3.87. The van der Waals surface area contributed by atoms with E-state index < -0.39 is 17.7 Å². The molecule has 1 aliphatic heterocycles. The zero-order valence-electron chi connectivity index (χ0n) is 19.7. The number of thiophene rings is 1. The van der Waals surface area contributed by atoms with Crippen LogP contribution < -0.4 is 14.5 Å². The average molecular weight is 477 g/mol. The van der Waals surface area contributed by atoms with Crippen LogP contribution in [0.15, 0.2) is 71.6 Å². The smallest absolute Gasteiger partial charge is 0.300 e. The summed E-state index contributed by atoms with van der Waals surface area (Å²) in [6.45, 7) is 4.72. The molecule has 4 rings (SSSR count). The Morgan fingerprint density at radius 1 is 1.06 bits per heavy atom. The Morgan fingerprint density at radius 2 is 1.74 bits per heavy atom. The van der Waals surface area contributed by atoms with Crippen molar-refractivity contribution in [2.45, 2.75) is 19.9 Å². The minimum absolute atomic E-state index is 0.0833. The number of benzene rings is 2. The second-order valence-electron chi connectivity index (χ2n) is 8.82. The van der Waals surface area contributed by atoms with Crippen LogP contribution in [0.2, 0.25) is 0 Å². The van der Waals surface area contributed by atoms with E-state index in [2.05, 4.69) is 13.8 Å². The number of carbonyl (C=O) groups is 2. The molecule has 6 nitrogen and oxygen atoms in total. The molecular weight excluding hydrogens is 448 g/mol. The number of hydrogen-bond acceptors (Lipinski definition) is 6. The number of amides is 1. The van der Waals surface area contributed by atoms with Gasteiger partial charge in [-0.25, -0.2) is 0 Å². The van der Waals surface area contributed by atoms with Gasteiger partial charge >= 0.3 is 0 Å². The molecule has 1 aliphatic rings. The normalized spacial score (nSPS) is 17.4. The van der Waals surface area contributed by atoms with E-state index in [9.17, 15) is 14.7 Å². The predicted octanol–water partition coefficient (Wildman–Crippen LogP) is 5.48. The van der Waals surface area contributed by atoms with Crippen molar-refractivity contribution in [3.8, 4) is 5.75 Å². The summed E-state index contributed by atoms with van der Waals surface area (Å²) in [5.41, 5.74) is 2.12. The molecule has 3 aromatic rings. The highest BCUT2D eigenvalue weighted by Gasteiger charge is 2.47. The fraction of sp³-hybridized carbons (Fsp3) is 0.259. The van der Waals surface area contributed by atoms with E-state index in [-0.39, 0.29) is 11.3 Å². The Kier molecular flexibility index (Phi) is 6.75. The monoisotopic (exact) mass is 476 g/mol. The summed E-state index contributed by atoms with van der Waals surface area (Å²) in [6.07, 6.45) is 0. The molecule has 0 radical (unpaired) electrons. The number of ether oxygens (including phenoxy) is 1. The number of nitrogens with zero attached hydrogens (tertiary/aromatic N) is 2. The van der Waals surface area contributed by atoms with Gasteiger partial charge in [0.25, 0.3) is 11.7 Å². The molecule has 1 fully saturated rings. The van der Waals surface area contributed by atoms with Crippen LogP contribution in [-0.2, 0) is 9.59 Å². The minimum atomic E-state index is -0.706. The van der Waals surface area contributed by atoms with E-state index in [1.165, 1.54) is 16.2 Å². The van der Waals surface area contributed by atoms with Crippen molar-refractivity contribution in [1.82, 2.24) is 0 Å². The van der Waals surface area contributed by atoms with E-state index in [0.29, 0.717) is 29.5 Å². The van der Waals surface area contributed by atoms with E-state index >= 15 is 0 Å². The molecule has 1 aromatic heterocycles. The van der Waals surface area contributed by atoms with Gasteiger partial charge in [0.05, 0.1) is 12.2 Å². The van der Waals surface area contributed by atoms with Crippen molar-refractivity contribution in [3.05, 3.63) is 82.1 Å². The molecule has 2 aromatic carbocycles. The molecule has 0 saturated carbocycles. The minimum Gasteiger partial charge on any atom is -0.507 e. The molecule has 0 spiro atoms. The van der Waals surface area contributed by atoms with Crippen molar-refractivity contribution in [2.75, 3.05) is 30.5 Å². The standard InChI is InChI=1S/C27H28N2O4S/c1-17(2)16-33-21-13-7-18(8-14-21)25(30)23-24(22-6-5-15-34-22)29(27(32)26(23)31)20-11-9-19(10-12-20)28(3)4/h5-15,17,24,30H,16H2,1-4H3/b25-23-. The number of rotatable bonds is 7.